The molecule has 1 N–H and O–H groups in total. The number of likely N-dealkylation sites (N-methyl/N-ethyl adjacent to an activating group) is 1. The third kappa shape index (κ3) is 5.37. The van der Waals surface area contributed by atoms with Crippen LogP contribution in [0.15, 0.2) is 18.2 Å². The number of ether oxygens (including phenoxy) is 2. The lowest BCUT2D eigenvalue weighted by molar-refractivity contribution is 0.199. The molecular weight excluding hydrogens is 264 g/mol. The van der Waals surface area contributed by atoms with Gasteiger partial charge in [-0.3, -0.25) is 0 Å². The molecule has 4 nitrogen and oxygen atoms in total. The summed E-state index contributed by atoms with van der Waals surface area (Å²) in [6, 6.07) is 5.98. The molecule has 0 amide bonds. The number of hydrogen-bond donors (Lipinski definition) is 1. The molecule has 19 heavy (non-hydrogen) atoms. The summed E-state index contributed by atoms with van der Waals surface area (Å²) in [5.41, 5.74) is 2.24. The summed E-state index contributed by atoms with van der Waals surface area (Å²) in [6.45, 7) is 3.79. The highest BCUT2D eigenvalue weighted by Gasteiger charge is 2.11. The van der Waals surface area contributed by atoms with Crippen molar-refractivity contribution in [2.45, 2.75) is 6.54 Å². The fourth-order valence-electron chi connectivity index (χ4n) is 1.87. The Kier molecular flexibility index (Phi) is 7.82. The average molecular weight is 287 g/mol. The van der Waals surface area contributed by atoms with Crippen LogP contribution in [0.3, 0.4) is 0 Å². The summed E-state index contributed by atoms with van der Waals surface area (Å²) in [4.78, 5) is 2.12. The van der Waals surface area contributed by atoms with Crippen LogP contribution < -0.4 is 10.2 Å². The topological polar surface area (TPSA) is 33.7 Å². The SMILES string of the molecule is COCCNCc1cccc(Cl)c1N(C)CCOC. The van der Waals surface area contributed by atoms with Crippen molar-refractivity contribution in [1.29, 1.82) is 0 Å². The zero-order valence-corrected chi connectivity index (χ0v) is 12.7. The number of rotatable bonds is 9. The van der Waals surface area contributed by atoms with Crippen molar-refractivity contribution in [2.75, 3.05) is 52.5 Å². The molecule has 1 rings (SSSR count). The second-order valence-corrected chi connectivity index (χ2v) is 4.74. The molecule has 0 aliphatic carbocycles. The Labute approximate surface area is 120 Å². The molecule has 0 aliphatic heterocycles. The first-order chi connectivity index (χ1) is 9.20. The number of nitrogens with one attached hydrogen (secondary N) is 1. The van der Waals surface area contributed by atoms with Crippen LogP contribution in [0.5, 0.6) is 0 Å². The summed E-state index contributed by atoms with van der Waals surface area (Å²) >= 11 is 6.31. The number of para-hydroxylation sites is 1. The molecule has 108 valence electrons. The van der Waals surface area contributed by atoms with E-state index in [1.54, 1.807) is 14.2 Å². The van der Waals surface area contributed by atoms with Gasteiger partial charge in [0, 0.05) is 40.9 Å². The van der Waals surface area contributed by atoms with E-state index in [0.717, 1.165) is 30.3 Å². The van der Waals surface area contributed by atoms with E-state index in [2.05, 4.69) is 16.3 Å². The molecule has 0 saturated heterocycles. The molecule has 0 spiro atoms. The summed E-state index contributed by atoms with van der Waals surface area (Å²) < 4.78 is 10.1. The predicted molar refractivity (Wildman–Crippen MR) is 80.2 cm³/mol. The average Bonchev–Trinajstić information content (AvgIpc) is 2.41. The standard InChI is InChI=1S/C14H23ClN2O2/c1-17(8-10-19-3)14-12(5-4-6-13(14)15)11-16-7-9-18-2/h4-6,16H,7-11H2,1-3H3. The maximum absolute atomic E-state index is 6.31. The molecule has 0 unspecified atom stereocenters. The van der Waals surface area contributed by atoms with Crippen molar-refractivity contribution < 1.29 is 9.47 Å². The van der Waals surface area contributed by atoms with Gasteiger partial charge in [-0.2, -0.15) is 0 Å². The number of hydrogen-bond acceptors (Lipinski definition) is 4. The number of methoxy groups -OCH3 is 2. The highest BCUT2D eigenvalue weighted by atomic mass is 35.5. The first-order valence-electron chi connectivity index (χ1n) is 6.37. The quantitative estimate of drug-likeness (QED) is 0.706. The maximum Gasteiger partial charge on any atom is 0.0642 e. The van der Waals surface area contributed by atoms with Crippen LogP contribution >= 0.6 is 11.6 Å². The first-order valence-corrected chi connectivity index (χ1v) is 6.75. The van der Waals surface area contributed by atoms with Crippen LogP contribution in [0.1, 0.15) is 5.56 Å². The van der Waals surface area contributed by atoms with Gasteiger partial charge in [-0.05, 0) is 11.6 Å². The van der Waals surface area contributed by atoms with E-state index in [1.807, 2.05) is 19.2 Å². The lowest BCUT2D eigenvalue weighted by atomic mass is 10.1. The van der Waals surface area contributed by atoms with Gasteiger partial charge in [0.05, 0.1) is 23.9 Å². The molecule has 0 atom stereocenters. The monoisotopic (exact) mass is 286 g/mol. The second kappa shape index (κ2) is 9.15. The predicted octanol–water partition coefficient (Wildman–Crippen LogP) is 2.16. The van der Waals surface area contributed by atoms with Crippen LogP contribution in [0.4, 0.5) is 5.69 Å². The van der Waals surface area contributed by atoms with Crippen LogP contribution in [0, 0.1) is 0 Å². The van der Waals surface area contributed by atoms with Crippen LogP contribution in [0.2, 0.25) is 5.02 Å². The molecule has 5 heteroatoms. The van der Waals surface area contributed by atoms with E-state index in [9.17, 15) is 0 Å². The van der Waals surface area contributed by atoms with Gasteiger partial charge in [0.15, 0.2) is 0 Å². The highest BCUT2D eigenvalue weighted by molar-refractivity contribution is 6.33. The van der Waals surface area contributed by atoms with Gasteiger partial charge >= 0.3 is 0 Å². The molecule has 0 aromatic heterocycles. The minimum absolute atomic E-state index is 0.679. The molecular formula is C14H23ClN2O2. The van der Waals surface area contributed by atoms with E-state index in [1.165, 1.54) is 5.56 Å². The van der Waals surface area contributed by atoms with E-state index in [-0.39, 0.29) is 0 Å². The minimum Gasteiger partial charge on any atom is -0.383 e. The third-order valence-corrected chi connectivity index (χ3v) is 3.19. The Bertz CT molecular complexity index is 374. The molecule has 0 heterocycles. The summed E-state index contributed by atoms with van der Waals surface area (Å²) in [6.07, 6.45) is 0. The van der Waals surface area contributed by atoms with Crippen LogP contribution in [-0.4, -0.2) is 47.6 Å². The van der Waals surface area contributed by atoms with Crippen molar-refractivity contribution in [3.8, 4) is 0 Å². The Morgan fingerprint density at radius 3 is 2.63 bits per heavy atom. The molecule has 1 aromatic rings. The van der Waals surface area contributed by atoms with Crippen molar-refractivity contribution in [3.63, 3.8) is 0 Å². The molecule has 1 aromatic carbocycles. The third-order valence-electron chi connectivity index (χ3n) is 2.88. The summed E-state index contributed by atoms with van der Waals surface area (Å²) in [7, 11) is 5.43. The summed E-state index contributed by atoms with van der Waals surface area (Å²) in [5, 5.41) is 4.11. The number of halogens is 1. The van der Waals surface area contributed by atoms with Gasteiger partial charge < -0.3 is 19.7 Å². The van der Waals surface area contributed by atoms with Crippen molar-refractivity contribution in [1.82, 2.24) is 5.32 Å². The van der Waals surface area contributed by atoms with Gasteiger partial charge in [0.25, 0.3) is 0 Å². The van der Waals surface area contributed by atoms with Crippen LogP contribution in [0.25, 0.3) is 0 Å². The number of nitrogens with zero attached hydrogens (tertiary/aromatic N) is 1. The van der Waals surface area contributed by atoms with Gasteiger partial charge in [0.1, 0.15) is 0 Å². The van der Waals surface area contributed by atoms with Crippen molar-refractivity contribution in [3.05, 3.63) is 28.8 Å². The smallest absolute Gasteiger partial charge is 0.0642 e. The summed E-state index contributed by atoms with van der Waals surface area (Å²) in [5.74, 6) is 0. The molecule has 0 saturated carbocycles. The van der Waals surface area contributed by atoms with E-state index in [0.29, 0.717) is 13.2 Å². The minimum atomic E-state index is 0.679. The Balaban J connectivity index is 2.71. The molecule has 0 radical (unpaired) electrons. The Morgan fingerprint density at radius 2 is 1.95 bits per heavy atom. The second-order valence-electron chi connectivity index (χ2n) is 4.33. The molecule has 0 fully saturated rings. The van der Waals surface area contributed by atoms with Gasteiger partial charge in [-0.15, -0.1) is 0 Å². The number of anilines is 1. The van der Waals surface area contributed by atoms with Gasteiger partial charge in [-0.1, -0.05) is 23.7 Å². The fraction of sp³-hybridized carbons (Fsp3) is 0.571. The molecule has 0 aliphatic rings. The lowest BCUT2D eigenvalue weighted by Gasteiger charge is -2.23. The van der Waals surface area contributed by atoms with Gasteiger partial charge in [-0.25, -0.2) is 0 Å². The lowest BCUT2D eigenvalue weighted by Crippen LogP contribution is -2.25. The fourth-order valence-corrected chi connectivity index (χ4v) is 2.21. The normalized spacial score (nSPS) is 10.7. The van der Waals surface area contributed by atoms with E-state index >= 15 is 0 Å². The zero-order valence-electron chi connectivity index (χ0n) is 11.9. The van der Waals surface area contributed by atoms with Crippen molar-refractivity contribution in [2.24, 2.45) is 0 Å². The van der Waals surface area contributed by atoms with Gasteiger partial charge in [0.2, 0.25) is 0 Å². The van der Waals surface area contributed by atoms with Crippen molar-refractivity contribution >= 4 is 17.3 Å². The Morgan fingerprint density at radius 1 is 1.21 bits per heavy atom. The largest absolute Gasteiger partial charge is 0.383 e. The van der Waals surface area contributed by atoms with Crippen LogP contribution in [-0.2, 0) is 16.0 Å². The maximum atomic E-state index is 6.31. The Hall–Kier alpha value is -0.810. The van der Waals surface area contributed by atoms with E-state index < -0.39 is 0 Å². The zero-order chi connectivity index (χ0) is 14.1. The molecule has 0 bridgehead atoms. The number of benzene rings is 1. The first kappa shape index (κ1) is 16.2. The van der Waals surface area contributed by atoms with E-state index in [4.69, 9.17) is 21.1 Å². The highest BCUT2D eigenvalue weighted by Crippen LogP contribution is 2.28.